The lowest BCUT2D eigenvalue weighted by molar-refractivity contribution is -0.143. The van der Waals surface area contributed by atoms with Gasteiger partial charge >= 0.3 is 5.97 Å². The average molecular weight is 294 g/mol. The molecule has 0 saturated heterocycles. The third-order valence-corrected chi connectivity index (χ3v) is 4.54. The van der Waals surface area contributed by atoms with Crippen LogP contribution < -0.4 is 9.47 Å². The molecule has 3 rings (SSSR count). The molecule has 1 aromatic rings. The number of benzene rings is 1. The third kappa shape index (κ3) is 2.15. The molecule has 1 heterocycles. The van der Waals surface area contributed by atoms with Crippen molar-refractivity contribution in [1.82, 2.24) is 0 Å². The summed E-state index contributed by atoms with van der Waals surface area (Å²) >= 11 is 0. The topological polar surface area (TPSA) is 55.8 Å². The van der Waals surface area contributed by atoms with Crippen LogP contribution in [0.4, 0.5) is 4.39 Å². The Labute approximate surface area is 122 Å². The quantitative estimate of drug-likeness (QED) is 0.926. The summed E-state index contributed by atoms with van der Waals surface area (Å²) in [5.41, 5.74) is -1.73. The van der Waals surface area contributed by atoms with Gasteiger partial charge in [0.05, 0.1) is 5.41 Å². The standard InChI is InChI=1S/C16H19FO4/c1-15(2,17)10-7-12-13(21-9-20-12)8-11(10)16(14(18)19)5-3-4-6-16/h7-8H,3-6,9H2,1-2H3,(H,18,19). The second-order valence-corrected chi connectivity index (χ2v) is 6.32. The highest BCUT2D eigenvalue weighted by atomic mass is 19.1. The monoisotopic (exact) mass is 294 g/mol. The molecule has 0 aromatic heterocycles. The lowest BCUT2D eigenvalue weighted by atomic mass is 9.74. The van der Waals surface area contributed by atoms with Crippen LogP contribution in [-0.2, 0) is 15.9 Å². The molecule has 1 aliphatic heterocycles. The Hall–Kier alpha value is -1.78. The molecular formula is C16H19FO4. The maximum atomic E-state index is 14.6. The van der Waals surface area contributed by atoms with Gasteiger partial charge in [-0.25, -0.2) is 4.39 Å². The van der Waals surface area contributed by atoms with Crippen molar-refractivity contribution in [3.8, 4) is 11.5 Å². The highest BCUT2D eigenvalue weighted by molar-refractivity contribution is 5.83. The minimum atomic E-state index is -1.64. The SMILES string of the molecule is CC(C)(F)c1cc2c(cc1C1(C(=O)O)CCCC1)OCO2. The normalized spacial score (nSPS) is 19.8. The zero-order valence-corrected chi connectivity index (χ0v) is 12.2. The summed E-state index contributed by atoms with van der Waals surface area (Å²) in [6.07, 6.45) is 2.75. The Morgan fingerprint density at radius 2 is 1.81 bits per heavy atom. The minimum Gasteiger partial charge on any atom is -0.481 e. The van der Waals surface area contributed by atoms with E-state index in [0.29, 0.717) is 35.5 Å². The van der Waals surface area contributed by atoms with Crippen LogP contribution in [0.1, 0.15) is 50.7 Å². The summed E-state index contributed by atoms with van der Waals surface area (Å²) in [6, 6.07) is 3.26. The van der Waals surface area contributed by atoms with Gasteiger partial charge in [-0.05, 0) is 49.9 Å². The number of rotatable bonds is 3. The van der Waals surface area contributed by atoms with Crippen molar-refractivity contribution in [1.29, 1.82) is 0 Å². The molecule has 0 amide bonds. The average Bonchev–Trinajstić information content (AvgIpc) is 3.05. The van der Waals surface area contributed by atoms with Gasteiger partial charge in [-0.2, -0.15) is 0 Å². The molecule has 0 radical (unpaired) electrons. The van der Waals surface area contributed by atoms with Crippen molar-refractivity contribution in [3.05, 3.63) is 23.3 Å². The number of halogens is 1. The number of fused-ring (bicyclic) bond motifs is 1. The van der Waals surface area contributed by atoms with E-state index in [-0.39, 0.29) is 6.79 Å². The van der Waals surface area contributed by atoms with Crippen LogP contribution in [0.2, 0.25) is 0 Å². The van der Waals surface area contributed by atoms with Crippen LogP contribution in [0.5, 0.6) is 11.5 Å². The Morgan fingerprint density at radius 3 is 2.33 bits per heavy atom. The van der Waals surface area contributed by atoms with Gasteiger partial charge in [-0.15, -0.1) is 0 Å². The molecule has 2 aliphatic rings. The fraction of sp³-hybridized carbons (Fsp3) is 0.562. The van der Waals surface area contributed by atoms with E-state index < -0.39 is 17.1 Å². The van der Waals surface area contributed by atoms with Crippen molar-refractivity contribution >= 4 is 5.97 Å². The predicted octanol–water partition coefficient (Wildman–Crippen LogP) is 3.52. The number of hydrogen-bond acceptors (Lipinski definition) is 3. The second kappa shape index (κ2) is 4.61. The largest absolute Gasteiger partial charge is 0.481 e. The number of alkyl halides is 1. The first-order valence-corrected chi connectivity index (χ1v) is 7.21. The van der Waals surface area contributed by atoms with Crippen LogP contribution >= 0.6 is 0 Å². The van der Waals surface area contributed by atoms with E-state index in [2.05, 4.69) is 0 Å². The van der Waals surface area contributed by atoms with Gasteiger partial charge in [0.15, 0.2) is 11.5 Å². The molecule has 1 saturated carbocycles. The summed E-state index contributed by atoms with van der Waals surface area (Å²) in [5, 5.41) is 9.76. The van der Waals surface area contributed by atoms with E-state index in [9.17, 15) is 14.3 Å². The Bertz CT molecular complexity index is 583. The molecule has 4 nitrogen and oxygen atoms in total. The maximum absolute atomic E-state index is 14.6. The van der Waals surface area contributed by atoms with Crippen molar-refractivity contribution < 1.29 is 23.8 Å². The number of carboxylic acid groups (broad SMARTS) is 1. The number of hydrogen-bond donors (Lipinski definition) is 1. The molecule has 1 fully saturated rings. The molecule has 1 N–H and O–H groups in total. The van der Waals surface area contributed by atoms with Crippen LogP contribution in [0, 0.1) is 0 Å². The van der Waals surface area contributed by atoms with E-state index in [4.69, 9.17) is 9.47 Å². The number of ether oxygens (including phenoxy) is 2. The molecule has 5 heteroatoms. The molecule has 0 spiro atoms. The molecule has 0 unspecified atom stereocenters. The highest BCUT2D eigenvalue weighted by Gasteiger charge is 2.46. The summed E-state index contributed by atoms with van der Waals surface area (Å²) in [6.45, 7) is 2.97. The zero-order chi connectivity index (χ0) is 15.3. The Balaban J connectivity index is 2.23. The third-order valence-electron chi connectivity index (χ3n) is 4.54. The highest BCUT2D eigenvalue weighted by Crippen LogP contribution is 2.49. The van der Waals surface area contributed by atoms with Gasteiger partial charge in [0, 0.05) is 0 Å². The first-order valence-electron chi connectivity index (χ1n) is 7.21. The minimum absolute atomic E-state index is 0.0883. The van der Waals surface area contributed by atoms with Gasteiger partial charge in [0.2, 0.25) is 6.79 Å². The van der Waals surface area contributed by atoms with Crippen molar-refractivity contribution in [2.75, 3.05) is 6.79 Å². The van der Waals surface area contributed by atoms with E-state index in [0.717, 1.165) is 12.8 Å². The molecular weight excluding hydrogens is 275 g/mol. The Kier molecular flexibility index (Phi) is 3.11. The van der Waals surface area contributed by atoms with Crippen LogP contribution in [0.15, 0.2) is 12.1 Å². The number of aliphatic carboxylic acids is 1. The van der Waals surface area contributed by atoms with Gasteiger partial charge in [0.1, 0.15) is 5.67 Å². The van der Waals surface area contributed by atoms with Crippen molar-refractivity contribution in [2.45, 2.75) is 50.6 Å². The maximum Gasteiger partial charge on any atom is 0.314 e. The van der Waals surface area contributed by atoms with Gasteiger partial charge in [0.25, 0.3) is 0 Å². The van der Waals surface area contributed by atoms with Gasteiger partial charge in [-0.3, -0.25) is 4.79 Å². The molecule has 21 heavy (non-hydrogen) atoms. The lowest BCUT2D eigenvalue weighted by Gasteiger charge is -2.30. The first-order chi connectivity index (χ1) is 9.84. The second-order valence-electron chi connectivity index (χ2n) is 6.32. The summed E-state index contributed by atoms with van der Waals surface area (Å²) in [4.78, 5) is 11.9. The smallest absolute Gasteiger partial charge is 0.314 e. The number of carboxylic acids is 1. The summed E-state index contributed by atoms with van der Waals surface area (Å²) < 4.78 is 25.3. The molecule has 114 valence electrons. The van der Waals surface area contributed by atoms with E-state index in [1.807, 2.05) is 0 Å². The van der Waals surface area contributed by atoms with Crippen LogP contribution in [-0.4, -0.2) is 17.9 Å². The summed E-state index contributed by atoms with van der Waals surface area (Å²) in [5.74, 6) is 0.105. The molecule has 1 aromatic carbocycles. The predicted molar refractivity (Wildman–Crippen MR) is 74.5 cm³/mol. The fourth-order valence-electron chi connectivity index (χ4n) is 3.41. The number of carbonyl (C=O) groups is 1. The van der Waals surface area contributed by atoms with E-state index >= 15 is 0 Å². The van der Waals surface area contributed by atoms with E-state index in [1.165, 1.54) is 13.8 Å². The summed E-state index contributed by atoms with van der Waals surface area (Å²) in [7, 11) is 0. The van der Waals surface area contributed by atoms with Gasteiger partial charge in [-0.1, -0.05) is 12.8 Å². The fourth-order valence-corrected chi connectivity index (χ4v) is 3.41. The van der Waals surface area contributed by atoms with Gasteiger partial charge < -0.3 is 14.6 Å². The van der Waals surface area contributed by atoms with E-state index in [1.54, 1.807) is 12.1 Å². The first kappa shape index (κ1) is 14.2. The zero-order valence-electron chi connectivity index (χ0n) is 12.2. The Morgan fingerprint density at radius 1 is 1.24 bits per heavy atom. The lowest BCUT2D eigenvalue weighted by Crippen LogP contribution is -2.35. The van der Waals surface area contributed by atoms with Crippen molar-refractivity contribution in [2.24, 2.45) is 0 Å². The van der Waals surface area contributed by atoms with Crippen LogP contribution in [0.3, 0.4) is 0 Å². The molecule has 0 bridgehead atoms. The van der Waals surface area contributed by atoms with Crippen molar-refractivity contribution in [3.63, 3.8) is 0 Å². The molecule has 0 atom stereocenters. The molecule has 1 aliphatic carbocycles. The van der Waals surface area contributed by atoms with Crippen LogP contribution in [0.25, 0.3) is 0 Å².